The number of amides is 1. The first kappa shape index (κ1) is 16.0. The van der Waals surface area contributed by atoms with Crippen LogP contribution in [-0.4, -0.2) is 25.1 Å². The fourth-order valence-corrected chi connectivity index (χ4v) is 2.51. The zero-order chi connectivity index (χ0) is 15.9. The number of benzene rings is 1. The van der Waals surface area contributed by atoms with Gasteiger partial charge >= 0.3 is 5.97 Å². The molecule has 2 rings (SSSR count). The molecule has 5 nitrogen and oxygen atoms in total. The van der Waals surface area contributed by atoms with Crippen LogP contribution in [0.25, 0.3) is 0 Å². The Morgan fingerprint density at radius 1 is 1.14 bits per heavy atom. The maximum atomic E-state index is 11.7. The van der Waals surface area contributed by atoms with Crippen molar-refractivity contribution in [2.75, 3.05) is 18.5 Å². The molecule has 0 atom stereocenters. The van der Waals surface area contributed by atoms with Gasteiger partial charge in [-0.2, -0.15) is 0 Å². The number of rotatable bonds is 6. The first-order chi connectivity index (χ1) is 10.6. The van der Waals surface area contributed by atoms with Gasteiger partial charge in [0.05, 0.1) is 6.61 Å². The SMILES string of the molecule is CCOc1ccc(NC(=O)COC(=O)c2ccc(C)s2)cc1. The normalized spacial score (nSPS) is 10.1. The van der Waals surface area contributed by atoms with Gasteiger partial charge in [-0.15, -0.1) is 11.3 Å². The molecule has 0 saturated heterocycles. The summed E-state index contributed by atoms with van der Waals surface area (Å²) < 4.78 is 10.3. The average molecular weight is 319 g/mol. The lowest BCUT2D eigenvalue weighted by Gasteiger charge is -2.07. The molecule has 22 heavy (non-hydrogen) atoms. The molecule has 116 valence electrons. The van der Waals surface area contributed by atoms with E-state index >= 15 is 0 Å². The number of esters is 1. The van der Waals surface area contributed by atoms with Crippen molar-refractivity contribution in [3.05, 3.63) is 46.2 Å². The Morgan fingerprint density at radius 3 is 2.45 bits per heavy atom. The van der Waals surface area contributed by atoms with E-state index in [4.69, 9.17) is 9.47 Å². The van der Waals surface area contributed by atoms with E-state index in [1.807, 2.05) is 19.9 Å². The van der Waals surface area contributed by atoms with Crippen LogP contribution in [0.1, 0.15) is 21.5 Å². The third-order valence-corrected chi connectivity index (χ3v) is 3.71. The van der Waals surface area contributed by atoms with Gasteiger partial charge in [-0.05, 0) is 50.2 Å². The molecule has 0 unspecified atom stereocenters. The fourth-order valence-electron chi connectivity index (χ4n) is 1.74. The summed E-state index contributed by atoms with van der Waals surface area (Å²) in [7, 11) is 0. The number of carbonyl (C=O) groups excluding carboxylic acids is 2. The van der Waals surface area contributed by atoms with E-state index in [-0.39, 0.29) is 12.5 Å². The van der Waals surface area contributed by atoms with E-state index < -0.39 is 5.97 Å². The van der Waals surface area contributed by atoms with Gasteiger partial charge < -0.3 is 14.8 Å². The molecule has 0 fully saturated rings. The van der Waals surface area contributed by atoms with Crippen LogP contribution in [0.2, 0.25) is 0 Å². The van der Waals surface area contributed by atoms with Gasteiger partial charge in [-0.1, -0.05) is 0 Å². The van der Waals surface area contributed by atoms with Gasteiger partial charge in [-0.25, -0.2) is 4.79 Å². The smallest absolute Gasteiger partial charge is 0.348 e. The lowest BCUT2D eigenvalue weighted by molar-refractivity contribution is -0.119. The Morgan fingerprint density at radius 2 is 1.86 bits per heavy atom. The monoisotopic (exact) mass is 319 g/mol. The van der Waals surface area contributed by atoms with Crippen molar-refractivity contribution < 1.29 is 19.1 Å². The molecule has 1 aromatic carbocycles. The van der Waals surface area contributed by atoms with Crippen molar-refractivity contribution in [3.63, 3.8) is 0 Å². The van der Waals surface area contributed by atoms with Crippen molar-refractivity contribution >= 4 is 28.9 Å². The number of aryl methyl sites for hydroxylation is 1. The highest BCUT2D eigenvalue weighted by molar-refractivity contribution is 7.13. The van der Waals surface area contributed by atoms with Crippen LogP contribution in [0.5, 0.6) is 5.75 Å². The number of hydrogen-bond donors (Lipinski definition) is 1. The molecule has 0 saturated carbocycles. The largest absolute Gasteiger partial charge is 0.494 e. The van der Waals surface area contributed by atoms with E-state index in [1.165, 1.54) is 11.3 Å². The number of ether oxygens (including phenoxy) is 2. The summed E-state index contributed by atoms with van der Waals surface area (Å²) in [5.74, 6) is -0.134. The number of carbonyl (C=O) groups is 2. The molecule has 1 N–H and O–H groups in total. The van der Waals surface area contributed by atoms with Crippen LogP contribution >= 0.6 is 11.3 Å². The van der Waals surface area contributed by atoms with Crippen LogP contribution in [0.15, 0.2) is 36.4 Å². The molecule has 1 heterocycles. The Hall–Kier alpha value is -2.34. The van der Waals surface area contributed by atoms with E-state index in [0.717, 1.165) is 10.6 Å². The maximum Gasteiger partial charge on any atom is 0.348 e. The highest BCUT2D eigenvalue weighted by Crippen LogP contribution is 2.17. The Bertz CT molecular complexity index is 648. The number of thiophene rings is 1. The highest BCUT2D eigenvalue weighted by atomic mass is 32.1. The molecule has 2 aromatic rings. The minimum Gasteiger partial charge on any atom is -0.494 e. The molecule has 0 aliphatic heterocycles. The molecular weight excluding hydrogens is 302 g/mol. The minimum atomic E-state index is -0.486. The van der Waals surface area contributed by atoms with E-state index in [1.54, 1.807) is 30.3 Å². The van der Waals surface area contributed by atoms with Gasteiger partial charge in [0.1, 0.15) is 10.6 Å². The van der Waals surface area contributed by atoms with Crippen LogP contribution in [0.4, 0.5) is 5.69 Å². The second-order valence-corrected chi connectivity index (χ2v) is 5.78. The molecule has 6 heteroatoms. The maximum absolute atomic E-state index is 11.7. The van der Waals surface area contributed by atoms with E-state index in [9.17, 15) is 9.59 Å². The highest BCUT2D eigenvalue weighted by Gasteiger charge is 2.12. The summed E-state index contributed by atoms with van der Waals surface area (Å²) in [6, 6.07) is 10.5. The topological polar surface area (TPSA) is 64.6 Å². The fraction of sp³-hybridized carbons (Fsp3) is 0.250. The summed E-state index contributed by atoms with van der Waals surface area (Å²) in [6.45, 7) is 4.08. The summed E-state index contributed by atoms with van der Waals surface area (Å²) >= 11 is 1.34. The third-order valence-electron chi connectivity index (χ3n) is 2.72. The van der Waals surface area contributed by atoms with Crippen molar-refractivity contribution in [2.24, 2.45) is 0 Å². The Kier molecular flexibility index (Phi) is 5.55. The molecule has 0 bridgehead atoms. The van der Waals surface area contributed by atoms with Crippen LogP contribution in [0.3, 0.4) is 0 Å². The predicted octanol–water partition coefficient (Wildman–Crippen LogP) is 3.25. The molecule has 0 aliphatic carbocycles. The van der Waals surface area contributed by atoms with Crippen molar-refractivity contribution in [2.45, 2.75) is 13.8 Å². The first-order valence-corrected chi connectivity index (χ1v) is 7.66. The van der Waals surface area contributed by atoms with E-state index in [2.05, 4.69) is 5.32 Å². The Labute approximate surface area is 132 Å². The molecule has 0 radical (unpaired) electrons. The van der Waals surface area contributed by atoms with Gasteiger partial charge in [0.2, 0.25) is 0 Å². The summed E-state index contributed by atoms with van der Waals surface area (Å²) in [4.78, 5) is 25.0. The molecule has 0 spiro atoms. The first-order valence-electron chi connectivity index (χ1n) is 6.84. The van der Waals surface area contributed by atoms with Crippen LogP contribution in [-0.2, 0) is 9.53 Å². The standard InChI is InChI=1S/C16H17NO4S/c1-3-20-13-7-5-12(6-8-13)17-15(18)10-21-16(19)14-9-4-11(2)22-14/h4-9H,3,10H2,1-2H3,(H,17,18). The molecule has 0 aliphatic rings. The quantitative estimate of drug-likeness (QED) is 0.830. The second kappa shape index (κ2) is 7.61. The zero-order valence-corrected chi connectivity index (χ0v) is 13.2. The summed E-state index contributed by atoms with van der Waals surface area (Å²) in [5.41, 5.74) is 0.622. The van der Waals surface area contributed by atoms with Gasteiger partial charge in [0, 0.05) is 10.6 Å². The van der Waals surface area contributed by atoms with Gasteiger partial charge in [0.15, 0.2) is 6.61 Å². The van der Waals surface area contributed by atoms with Gasteiger partial charge in [-0.3, -0.25) is 4.79 Å². The predicted molar refractivity (Wildman–Crippen MR) is 85.6 cm³/mol. The second-order valence-electron chi connectivity index (χ2n) is 4.49. The summed E-state index contributed by atoms with van der Waals surface area (Å²) in [5, 5.41) is 2.65. The minimum absolute atomic E-state index is 0.316. The number of hydrogen-bond acceptors (Lipinski definition) is 5. The molecular formula is C16H17NO4S. The number of nitrogens with one attached hydrogen (secondary N) is 1. The summed E-state index contributed by atoms with van der Waals surface area (Å²) in [6.07, 6.45) is 0. The molecule has 1 amide bonds. The van der Waals surface area contributed by atoms with E-state index in [0.29, 0.717) is 17.2 Å². The lowest BCUT2D eigenvalue weighted by atomic mass is 10.3. The van der Waals surface area contributed by atoms with Crippen molar-refractivity contribution in [1.29, 1.82) is 0 Å². The van der Waals surface area contributed by atoms with Gasteiger partial charge in [0.25, 0.3) is 5.91 Å². The Balaban J connectivity index is 1.81. The van der Waals surface area contributed by atoms with Crippen LogP contribution in [0, 0.1) is 6.92 Å². The number of anilines is 1. The van der Waals surface area contributed by atoms with Crippen LogP contribution < -0.4 is 10.1 Å². The van der Waals surface area contributed by atoms with Crippen molar-refractivity contribution in [1.82, 2.24) is 0 Å². The third kappa shape index (κ3) is 4.60. The lowest BCUT2D eigenvalue weighted by Crippen LogP contribution is -2.20. The molecule has 1 aromatic heterocycles. The average Bonchev–Trinajstić information content (AvgIpc) is 2.94. The zero-order valence-electron chi connectivity index (χ0n) is 12.4. The van der Waals surface area contributed by atoms with Crippen molar-refractivity contribution in [3.8, 4) is 5.75 Å².